The van der Waals surface area contributed by atoms with Gasteiger partial charge in [0, 0.05) is 11.6 Å². The van der Waals surface area contributed by atoms with E-state index in [2.05, 4.69) is 5.32 Å². The average Bonchev–Trinajstić information content (AvgIpc) is 2.27. The number of ether oxygens (including phenoxy) is 1. The van der Waals surface area contributed by atoms with Gasteiger partial charge in [-0.05, 0) is 31.7 Å². The van der Waals surface area contributed by atoms with Crippen molar-refractivity contribution in [1.29, 1.82) is 0 Å². The highest BCUT2D eigenvalue weighted by atomic mass is 19.1. The minimum Gasteiger partial charge on any atom is -0.496 e. The molecule has 0 amide bonds. The molecule has 0 aromatic heterocycles. The van der Waals surface area contributed by atoms with E-state index in [0.717, 1.165) is 11.3 Å². The average molecular weight is 197 g/mol. The summed E-state index contributed by atoms with van der Waals surface area (Å²) in [5.41, 5.74) is 1.67. The predicted molar refractivity (Wildman–Crippen MR) is 55.3 cm³/mol. The molecule has 0 aliphatic heterocycles. The molecule has 0 bridgehead atoms. The monoisotopic (exact) mass is 197 g/mol. The Morgan fingerprint density at radius 1 is 1.50 bits per heavy atom. The van der Waals surface area contributed by atoms with Gasteiger partial charge in [0.25, 0.3) is 0 Å². The van der Waals surface area contributed by atoms with Crippen molar-refractivity contribution in [3.05, 3.63) is 29.3 Å². The second-order valence-electron chi connectivity index (χ2n) is 3.22. The lowest BCUT2D eigenvalue weighted by Crippen LogP contribution is -2.13. The highest BCUT2D eigenvalue weighted by Crippen LogP contribution is 2.26. The van der Waals surface area contributed by atoms with E-state index in [4.69, 9.17) is 4.74 Å². The minimum atomic E-state index is -0.437. The molecule has 0 spiro atoms. The van der Waals surface area contributed by atoms with E-state index in [1.807, 2.05) is 20.0 Å². The molecule has 0 saturated carbocycles. The Morgan fingerprint density at radius 3 is 2.71 bits per heavy atom. The van der Waals surface area contributed by atoms with Crippen LogP contribution in [0, 0.1) is 0 Å². The van der Waals surface area contributed by atoms with Crippen LogP contribution in [0.5, 0.6) is 5.75 Å². The molecule has 0 saturated heterocycles. The van der Waals surface area contributed by atoms with Crippen LogP contribution in [0.2, 0.25) is 0 Å². The lowest BCUT2D eigenvalue weighted by Gasteiger charge is -2.15. The summed E-state index contributed by atoms with van der Waals surface area (Å²) in [6, 6.07) is 5.54. The predicted octanol–water partition coefficient (Wildman–Crippen LogP) is 2.45. The first-order chi connectivity index (χ1) is 6.72. The minimum absolute atomic E-state index is 0.163. The molecule has 1 aromatic carbocycles. The third-order valence-electron chi connectivity index (χ3n) is 2.35. The second kappa shape index (κ2) is 4.96. The number of methoxy groups -OCH3 is 1. The number of halogens is 1. The van der Waals surface area contributed by atoms with Crippen molar-refractivity contribution in [2.45, 2.75) is 19.6 Å². The second-order valence-corrected chi connectivity index (χ2v) is 3.22. The van der Waals surface area contributed by atoms with E-state index in [1.54, 1.807) is 19.2 Å². The van der Waals surface area contributed by atoms with Crippen molar-refractivity contribution in [2.75, 3.05) is 14.2 Å². The van der Waals surface area contributed by atoms with Crippen LogP contribution in [-0.4, -0.2) is 14.2 Å². The summed E-state index contributed by atoms with van der Waals surface area (Å²) < 4.78 is 17.7. The van der Waals surface area contributed by atoms with Crippen LogP contribution in [0.4, 0.5) is 4.39 Å². The van der Waals surface area contributed by atoms with Crippen LogP contribution >= 0.6 is 0 Å². The zero-order chi connectivity index (χ0) is 10.6. The first-order valence-electron chi connectivity index (χ1n) is 4.63. The number of benzene rings is 1. The summed E-state index contributed by atoms with van der Waals surface area (Å²) in [5.74, 6) is 0.795. The summed E-state index contributed by atoms with van der Waals surface area (Å²) in [6.07, 6.45) is 0. The van der Waals surface area contributed by atoms with Crippen LogP contribution in [0.3, 0.4) is 0 Å². The van der Waals surface area contributed by atoms with Crippen LogP contribution in [0.1, 0.15) is 24.1 Å². The molecule has 0 radical (unpaired) electrons. The molecule has 1 rings (SSSR count). The molecule has 1 aromatic rings. The summed E-state index contributed by atoms with van der Waals surface area (Å²) in [6.45, 7) is 1.58. The molecule has 14 heavy (non-hydrogen) atoms. The van der Waals surface area contributed by atoms with E-state index in [9.17, 15) is 4.39 Å². The Balaban J connectivity index is 3.08. The molecular weight excluding hydrogens is 181 g/mol. The van der Waals surface area contributed by atoms with Crippen molar-refractivity contribution in [1.82, 2.24) is 5.32 Å². The molecule has 1 unspecified atom stereocenters. The molecule has 2 nitrogen and oxygen atoms in total. The first-order valence-corrected chi connectivity index (χ1v) is 4.63. The number of nitrogens with one attached hydrogen (secondary N) is 1. The molecule has 0 fully saturated rings. The SMILES string of the molecule is CNC(C)c1cc(CF)ccc1OC. The quantitative estimate of drug-likeness (QED) is 0.800. The topological polar surface area (TPSA) is 21.3 Å². The summed E-state index contributed by atoms with van der Waals surface area (Å²) >= 11 is 0. The maximum absolute atomic E-state index is 12.4. The lowest BCUT2D eigenvalue weighted by molar-refractivity contribution is 0.402. The lowest BCUT2D eigenvalue weighted by atomic mass is 10.0. The molecular formula is C11H16FNO. The van der Waals surface area contributed by atoms with Crippen molar-refractivity contribution < 1.29 is 9.13 Å². The van der Waals surface area contributed by atoms with E-state index in [-0.39, 0.29) is 6.04 Å². The molecule has 0 aliphatic rings. The number of hydrogen-bond donors (Lipinski definition) is 1. The van der Waals surface area contributed by atoms with E-state index in [1.165, 1.54) is 0 Å². The fourth-order valence-corrected chi connectivity index (χ4v) is 1.36. The Kier molecular flexibility index (Phi) is 3.89. The Morgan fingerprint density at radius 2 is 2.21 bits per heavy atom. The highest BCUT2D eigenvalue weighted by molar-refractivity contribution is 5.39. The van der Waals surface area contributed by atoms with Gasteiger partial charge in [-0.2, -0.15) is 0 Å². The third-order valence-corrected chi connectivity index (χ3v) is 2.35. The zero-order valence-corrected chi connectivity index (χ0v) is 8.80. The number of rotatable bonds is 4. The van der Waals surface area contributed by atoms with Crippen LogP contribution in [0.15, 0.2) is 18.2 Å². The fourth-order valence-electron chi connectivity index (χ4n) is 1.36. The van der Waals surface area contributed by atoms with E-state index >= 15 is 0 Å². The van der Waals surface area contributed by atoms with Crippen molar-refractivity contribution in [3.8, 4) is 5.75 Å². The Bertz CT molecular complexity index is 301. The molecule has 0 heterocycles. The van der Waals surface area contributed by atoms with Gasteiger partial charge in [-0.25, -0.2) is 4.39 Å². The maximum atomic E-state index is 12.4. The smallest absolute Gasteiger partial charge is 0.123 e. The molecule has 3 heteroatoms. The van der Waals surface area contributed by atoms with Crippen molar-refractivity contribution in [2.24, 2.45) is 0 Å². The van der Waals surface area contributed by atoms with E-state index < -0.39 is 6.67 Å². The van der Waals surface area contributed by atoms with Crippen molar-refractivity contribution in [3.63, 3.8) is 0 Å². The van der Waals surface area contributed by atoms with Gasteiger partial charge in [0.2, 0.25) is 0 Å². The zero-order valence-electron chi connectivity index (χ0n) is 8.80. The normalized spacial score (nSPS) is 12.6. The van der Waals surface area contributed by atoms with Crippen molar-refractivity contribution >= 4 is 0 Å². The molecule has 1 N–H and O–H groups in total. The fraction of sp³-hybridized carbons (Fsp3) is 0.455. The van der Waals surface area contributed by atoms with Gasteiger partial charge >= 0.3 is 0 Å². The van der Waals surface area contributed by atoms with Gasteiger partial charge in [0.15, 0.2) is 0 Å². The summed E-state index contributed by atoms with van der Waals surface area (Å²) in [7, 11) is 3.49. The number of hydrogen-bond acceptors (Lipinski definition) is 2. The van der Waals surface area contributed by atoms with Gasteiger partial charge in [-0.3, -0.25) is 0 Å². The van der Waals surface area contributed by atoms with Gasteiger partial charge in [-0.15, -0.1) is 0 Å². The first kappa shape index (κ1) is 11.0. The molecule has 78 valence electrons. The van der Waals surface area contributed by atoms with Crippen LogP contribution in [-0.2, 0) is 6.67 Å². The van der Waals surface area contributed by atoms with Gasteiger partial charge in [0.1, 0.15) is 12.4 Å². The summed E-state index contributed by atoms with van der Waals surface area (Å²) in [5, 5.41) is 3.10. The Labute approximate surface area is 84.1 Å². The summed E-state index contributed by atoms with van der Waals surface area (Å²) in [4.78, 5) is 0. The van der Waals surface area contributed by atoms with Crippen LogP contribution < -0.4 is 10.1 Å². The largest absolute Gasteiger partial charge is 0.496 e. The van der Waals surface area contributed by atoms with E-state index in [0.29, 0.717) is 5.56 Å². The van der Waals surface area contributed by atoms with Crippen LogP contribution in [0.25, 0.3) is 0 Å². The standard InChI is InChI=1S/C11H16FNO/c1-8(13-2)10-6-9(7-12)4-5-11(10)14-3/h4-6,8,13H,7H2,1-3H3. The van der Waals surface area contributed by atoms with Gasteiger partial charge in [0.05, 0.1) is 7.11 Å². The molecule has 0 aliphatic carbocycles. The Hall–Kier alpha value is -1.09. The van der Waals surface area contributed by atoms with Gasteiger partial charge in [-0.1, -0.05) is 6.07 Å². The van der Waals surface area contributed by atoms with Gasteiger partial charge < -0.3 is 10.1 Å². The maximum Gasteiger partial charge on any atom is 0.123 e. The number of alkyl halides is 1. The molecule has 1 atom stereocenters. The third kappa shape index (κ3) is 2.23. The highest BCUT2D eigenvalue weighted by Gasteiger charge is 2.10.